The summed E-state index contributed by atoms with van der Waals surface area (Å²) in [4.78, 5) is 38.7. The second kappa shape index (κ2) is 10.3. The molecule has 1 aliphatic rings. The van der Waals surface area contributed by atoms with Gasteiger partial charge in [0.15, 0.2) is 0 Å². The van der Waals surface area contributed by atoms with E-state index >= 15 is 0 Å². The minimum absolute atomic E-state index is 0.0932. The molecule has 160 valence electrons. The van der Waals surface area contributed by atoms with Gasteiger partial charge in [0.2, 0.25) is 11.8 Å². The lowest BCUT2D eigenvalue weighted by atomic mass is 10.00. The summed E-state index contributed by atoms with van der Waals surface area (Å²) in [5, 5.41) is 11.9. The molecule has 1 heterocycles. The van der Waals surface area contributed by atoms with E-state index in [1.54, 1.807) is 24.3 Å². The van der Waals surface area contributed by atoms with E-state index in [1.165, 1.54) is 4.90 Å². The minimum Gasteiger partial charge on any atom is -0.445 e. The molecule has 0 saturated carbocycles. The maximum atomic E-state index is 12.9. The number of hydrogen-bond acceptors (Lipinski definition) is 5. The average molecular weight is 420 g/mol. The van der Waals surface area contributed by atoms with Gasteiger partial charge in [-0.1, -0.05) is 48.5 Å². The molecule has 1 saturated heterocycles. The molecule has 8 heteroatoms. The maximum absolute atomic E-state index is 12.9. The van der Waals surface area contributed by atoms with Gasteiger partial charge in [0.1, 0.15) is 18.7 Å². The van der Waals surface area contributed by atoms with Crippen LogP contribution in [-0.2, 0) is 27.4 Å². The summed E-state index contributed by atoms with van der Waals surface area (Å²) in [6, 6.07) is 16.4. The molecule has 2 aromatic rings. The monoisotopic (exact) mass is 420 g/mol. The predicted octanol–water partition coefficient (Wildman–Crippen LogP) is 1.87. The van der Waals surface area contributed by atoms with E-state index in [9.17, 15) is 19.6 Å². The Hall–Kier alpha value is -3.86. The van der Waals surface area contributed by atoms with Crippen molar-refractivity contribution in [3.05, 3.63) is 71.3 Å². The van der Waals surface area contributed by atoms with Crippen molar-refractivity contribution in [3.63, 3.8) is 0 Å². The van der Waals surface area contributed by atoms with Crippen molar-refractivity contribution in [2.45, 2.75) is 38.0 Å². The molecule has 0 aromatic heterocycles. The summed E-state index contributed by atoms with van der Waals surface area (Å²) >= 11 is 0. The molecule has 1 fully saturated rings. The van der Waals surface area contributed by atoms with Crippen LogP contribution in [0.4, 0.5) is 4.79 Å². The van der Waals surface area contributed by atoms with Crippen molar-refractivity contribution in [1.29, 1.82) is 5.26 Å². The Kier molecular flexibility index (Phi) is 7.22. The Morgan fingerprint density at radius 3 is 2.58 bits per heavy atom. The van der Waals surface area contributed by atoms with E-state index in [4.69, 9.17) is 10.5 Å². The van der Waals surface area contributed by atoms with E-state index in [-0.39, 0.29) is 13.0 Å². The van der Waals surface area contributed by atoms with Crippen molar-refractivity contribution in [2.24, 2.45) is 5.73 Å². The van der Waals surface area contributed by atoms with Gasteiger partial charge in [0, 0.05) is 13.0 Å². The fourth-order valence-electron chi connectivity index (χ4n) is 3.58. The van der Waals surface area contributed by atoms with E-state index in [2.05, 4.69) is 11.4 Å². The summed E-state index contributed by atoms with van der Waals surface area (Å²) in [6.45, 7) is 0.504. The molecule has 8 nitrogen and oxygen atoms in total. The Morgan fingerprint density at radius 1 is 1.16 bits per heavy atom. The van der Waals surface area contributed by atoms with Crippen LogP contribution in [0.1, 0.15) is 29.5 Å². The number of ether oxygens (including phenoxy) is 1. The number of nitrogens with zero attached hydrogens (tertiary/aromatic N) is 2. The second-order valence-electron chi connectivity index (χ2n) is 7.33. The van der Waals surface area contributed by atoms with Crippen LogP contribution in [-0.4, -0.2) is 41.4 Å². The zero-order valence-corrected chi connectivity index (χ0v) is 17.0. The van der Waals surface area contributed by atoms with Crippen LogP contribution in [0.2, 0.25) is 0 Å². The third-order valence-electron chi connectivity index (χ3n) is 5.22. The Morgan fingerprint density at radius 2 is 1.87 bits per heavy atom. The number of carbonyl (C=O) groups excluding carboxylic acids is 3. The summed E-state index contributed by atoms with van der Waals surface area (Å²) in [5.41, 5.74) is 7.36. The van der Waals surface area contributed by atoms with E-state index < -0.39 is 30.0 Å². The van der Waals surface area contributed by atoms with Gasteiger partial charge in [-0.05, 0) is 30.0 Å². The first-order valence-corrected chi connectivity index (χ1v) is 10.0. The zero-order valence-electron chi connectivity index (χ0n) is 17.0. The van der Waals surface area contributed by atoms with Gasteiger partial charge in [-0.15, -0.1) is 0 Å². The van der Waals surface area contributed by atoms with Gasteiger partial charge in [-0.25, -0.2) is 4.79 Å². The molecule has 3 rings (SSSR count). The molecule has 0 spiro atoms. The lowest BCUT2D eigenvalue weighted by Crippen LogP contribution is -2.53. The first-order chi connectivity index (χ1) is 15.0. The van der Waals surface area contributed by atoms with E-state index in [0.29, 0.717) is 30.5 Å². The number of amides is 3. The van der Waals surface area contributed by atoms with Crippen LogP contribution >= 0.6 is 0 Å². The van der Waals surface area contributed by atoms with Crippen LogP contribution in [0.3, 0.4) is 0 Å². The largest absolute Gasteiger partial charge is 0.445 e. The van der Waals surface area contributed by atoms with Gasteiger partial charge in [-0.2, -0.15) is 5.26 Å². The van der Waals surface area contributed by atoms with Gasteiger partial charge in [-0.3, -0.25) is 14.5 Å². The van der Waals surface area contributed by atoms with Crippen LogP contribution < -0.4 is 11.1 Å². The van der Waals surface area contributed by atoms with E-state index in [1.807, 2.05) is 30.3 Å². The summed E-state index contributed by atoms with van der Waals surface area (Å²) in [6.07, 6.45) is 0.631. The van der Waals surface area contributed by atoms with Gasteiger partial charge >= 0.3 is 6.09 Å². The standard InChI is InChI=1S/C23H24N4O4/c24-14-18-10-5-4-9-17(18)13-19(21(25)28)26-22(29)20-11-6-12-27(20)23(30)31-15-16-7-2-1-3-8-16/h1-5,7-10,19-20H,6,11-13,15H2,(H2,25,28)(H,26,29)/t19-,20+/m0/s1. The van der Waals surface area contributed by atoms with Crippen LogP contribution in [0.15, 0.2) is 54.6 Å². The minimum atomic E-state index is -0.996. The average Bonchev–Trinajstić information content (AvgIpc) is 3.28. The number of primary amides is 1. The number of carbonyl (C=O) groups is 3. The van der Waals surface area contributed by atoms with Gasteiger partial charge < -0.3 is 15.8 Å². The predicted molar refractivity (Wildman–Crippen MR) is 112 cm³/mol. The first kappa shape index (κ1) is 21.8. The number of rotatable bonds is 7. The fraction of sp³-hybridized carbons (Fsp3) is 0.304. The summed E-state index contributed by atoms with van der Waals surface area (Å²) in [7, 11) is 0. The number of hydrogen-bond donors (Lipinski definition) is 2. The highest BCUT2D eigenvalue weighted by Crippen LogP contribution is 2.20. The Labute approximate surface area is 180 Å². The molecular formula is C23H24N4O4. The topological polar surface area (TPSA) is 126 Å². The van der Waals surface area contributed by atoms with Crippen molar-refractivity contribution in [3.8, 4) is 6.07 Å². The smallest absolute Gasteiger partial charge is 0.410 e. The Balaban J connectivity index is 1.63. The highest BCUT2D eigenvalue weighted by Gasteiger charge is 2.36. The quantitative estimate of drug-likeness (QED) is 0.707. The van der Waals surface area contributed by atoms with Crippen LogP contribution in [0, 0.1) is 11.3 Å². The molecule has 2 atom stereocenters. The van der Waals surface area contributed by atoms with Crippen molar-refractivity contribution in [2.75, 3.05) is 6.54 Å². The lowest BCUT2D eigenvalue weighted by Gasteiger charge is -2.25. The maximum Gasteiger partial charge on any atom is 0.410 e. The first-order valence-electron chi connectivity index (χ1n) is 10.0. The molecule has 31 heavy (non-hydrogen) atoms. The molecule has 2 aromatic carbocycles. The SMILES string of the molecule is N#Cc1ccccc1C[C@H](NC(=O)[C@H]1CCCN1C(=O)OCc1ccccc1)C(N)=O. The van der Waals surface area contributed by atoms with E-state index in [0.717, 1.165) is 5.56 Å². The molecule has 0 aliphatic carbocycles. The molecule has 3 amide bonds. The zero-order chi connectivity index (χ0) is 22.2. The van der Waals surface area contributed by atoms with Crippen LogP contribution in [0.5, 0.6) is 0 Å². The third kappa shape index (κ3) is 5.60. The summed E-state index contributed by atoms with van der Waals surface area (Å²) < 4.78 is 5.35. The number of nitrogens with one attached hydrogen (secondary N) is 1. The number of likely N-dealkylation sites (tertiary alicyclic amines) is 1. The normalized spacial score (nSPS) is 16.2. The van der Waals surface area contributed by atoms with Gasteiger partial charge in [0.05, 0.1) is 11.6 Å². The molecular weight excluding hydrogens is 396 g/mol. The number of nitriles is 1. The number of benzene rings is 2. The van der Waals surface area contributed by atoms with Crippen molar-refractivity contribution >= 4 is 17.9 Å². The second-order valence-corrected chi connectivity index (χ2v) is 7.33. The third-order valence-corrected chi connectivity index (χ3v) is 5.22. The highest BCUT2D eigenvalue weighted by atomic mass is 16.6. The Bertz CT molecular complexity index is 987. The number of nitrogens with two attached hydrogens (primary N) is 1. The molecule has 0 radical (unpaired) electrons. The lowest BCUT2D eigenvalue weighted by molar-refractivity contribution is -0.130. The summed E-state index contributed by atoms with van der Waals surface area (Å²) in [5.74, 6) is -1.18. The molecule has 0 bridgehead atoms. The van der Waals surface area contributed by atoms with Crippen molar-refractivity contribution < 1.29 is 19.1 Å². The van der Waals surface area contributed by atoms with Crippen LogP contribution in [0.25, 0.3) is 0 Å². The molecule has 1 aliphatic heterocycles. The highest BCUT2D eigenvalue weighted by molar-refractivity contribution is 5.91. The molecule has 3 N–H and O–H groups in total. The van der Waals surface area contributed by atoms with Crippen molar-refractivity contribution in [1.82, 2.24) is 10.2 Å². The molecule has 0 unspecified atom stereocenters. The van der Waals surface area contributed by atoms with Gasteiger partial charge in [0.25, 0.3) is 0 Å². The fourth-order valence-corrected chi connectivity index (χ4v) is 3.58.